The van der Waals surface area contributed by atoms with E-state index in [0.29, 0.717) is 37.3 Å². The molecular weight excluding hydrogens is 377 g/mol. The van der Waals surface area contributed by atoms with E-state index in [-0.39, 0.29) is 12.5 Å². The molecule has 0 amide bonds. The third kappa shape index (κ3) is 4.05. The molecule has 1 spiro atoms. The van der Waals surface area contributed by atoms with Gasteiger partial charge in [-0.25, -0.2) is 8.78 Å². The van der Waals surface area contributed by atoms with Crippen LogP contribution in [0.4, 0.5) is 22.0 Å². The van der Waals surface area contributed by atoms with Gasteiger partial charge in [0.05, 0.1) is 6.61 Å². The molecule has 3 atom stereocenters. The van der Waals surface area contributed by atoms with E-state index in [1.54, 1.807) is 4.90 Å². The van der Waals surface area contributed by atoms with Crippen LogP contribution in [0.25, 0.3) is 0 Å². The molecule has 3 heterocycles. The number of thiophene rings is 1. The fourth-order valence-electron chi connectivity index (χ4n) is 3.92. The summed E-state index contributed by atoms with van der Waals surface area (Å²) in [4.78, 5) is 3.19. The van der Waals surface area contributed by atoms with Gasteiger partial charge in [-0.1, -0.05) is 0 Å². The van der Waals surface area contributed by atoms with Gasteiger partial charge in [0.15, 0.2) is 6.10 Å². The molecule has 0 bridgehead atoms. The number of ether oxygens (including phenoxy) is 1. The Kier molecular flexibility index (Phi) is 5.63. The Balaban J connectivity index is 1.75. The highest BCUT2D eigenvalue weighted by molar-refractivity contribution is 7.12. The van der Waals surface area contributed by atoms with Crippen LogP contribution >= 0.6 is 11.3 Å². The predicted molar refractivity (Wildman–Crippen MR) is 87.7 cm³/mol. The molecule has 3 nitrogen and oxygen atoms in total. The molecule has 1 N–H and O–H groups in total. The number of alkyl halides is 5. The molecule has 1 fully saturated rings. The number of aliphatic hydroxyl groups excluding tert-OH is 1. The van der Waals surface area contributed by atoms with E-state index in [0.717, 1.165) is 10.4 Å². The normalized spacial score (nSPS) is 28.5. The number of β-amino-alcohol motifs (C(OH)–C–C–N with tert-alkyl or cyclic N) is 1. The van der Waals surface area contributed by atoms with Crippen molar-refractivity contribution in [2.45, 2.75) is 63.0 Å². The summed E-state index contributed by atoms with van der Waals surface area (Å²) in [5.41, 5.74) is 0.408. The van der Waals surface area contributed by atoms with Crippen molar-refractivity contribution < 1.29 is 31.8 Å². The van der Waals surface area contributed by atoms with Gasteiger partial charge in [0.2, 0.25) is 6.43 Å². The Morgan fingerprint density at radius 2 is 2.15 bits per heavy atom. The molecule has 1 unspecified atom stereocenters. The number of hydrogen-bond donors (Lipinski definition) is 1. The number of piperidine rings is 1. The first-order valence-electron chi connectivity index (χ1n) is 8.64. The molecule has 3 rings (SSSR count). The van der Waals surface area contributed by atoms with Crippen LogP contribution in [0.2, 0.25) is 0 Å². The average molecular weight is 399 g/mol. The highest BCUT2D eigenvalue weighted by Crippen LogP contribution is 2.47. The minimum absolute atomic E-state index is 0.215. The van der Waals surface area contributed by atoms with Gasteiger partial charge in [-0.2, -0.15) is 13.2 Å². The van der Waals surface area contributed by atoms with Crippen molar-refractivity contribution in [3.8, 4) is 0 Å². The fraction of sp³-hybridized carbons (Fsp3) is 0.765. The van der Waals surface area contributed by atoms with Gasteiger partial charge in [-0.05, 0) is 37.8 Å². The summed E-state index contributed by atoms with van der Waals surface area (Å²) >= 11 is 1.34. The average Bonchev–Trinajstić information content (AvgIpc) is 2.92. The van der Waals surface area contributed by atoms with Crippen molar-refractivity contribution in [3.63, 3.8) is 0 Å². The number of rotatable bonds is 4. The lowest BCUT2D eigenvalue weighted by Crippen LogP contribution is -2.53. The molecule has 2 aliphatic heterocycles. The lowest BCUT2D eigenvalue weighted by atomic mass is 9.82. The number of hydrogen-bond acceptors (Lipinski definition) is 4. The monoisotopic (exact) mass is 399 g/mol. The molecule has 9 heteroatoms. The lowest BCUT2D eigenvalue weighted by molar-refractivity contribution is -0.212. The van der Waals surface area contributed by atoms with Gasteiger partial charge in [-0.3, -0.25) is 4.90 Å². The van der Waals surface area contributed by atoms with Crippen LogP contribution < -0.4 is 0 Å². The van der Waals surface area contributed by atoms with E-state index in [9.17, 15) is 27.1 Å². The quantitative estimate of drug-likeness (QED) is 0.784. The van der Waals surface area contributed by atoms with Gasteiger partial charge in [0.25, 0.3) is 0 Å². The first kappa shape index (κ1) is 20.0. The molecule has 2 aliphatic rings. The Morgan fingerprint density at radius 3 is 2.77 bits per heavy atom. The zero-order valence-corrected chi connectivity index (χ0v) is 15.2. The van der Waals surface area contributed by atoms with Crippen molar-refractivity contribution in [2.75, 3.05) is 19.7 Å². The van der Waals surface area contributed by atoms with Crippen molar-refractivity contribution in [2.24, 2.45) is 0 Å². The van der Waals surface area contributed by atoms with Crippen LogP contribution in [0.5, 0.6) is 0 Å². The molecule has 1 aromatic heterocycles. The van der Waals surface area contributed by atoms with Crippen LogP contribution in [0.1, 0.15) is 35.1 Å². The number of halogens is 5. The zero-order chi connectivity index (χ0) is 19.1. The van der Waals surface area contributed by atoms with Crippen LogP contribution in [0, 0.1) is 0 Å². The maximum atomic E-state index is 12.7. The van der Waals surface area contributed by atoms with Crippen molar-refractivity contribution in [3.05, 3.63) is 21.4 Å². The van der Waals surface area contributed by atoms with Gasteiger partial charge in [-0.15, -0.1) is 11.3 Å². The highest BCUT2D eigenvalue weighted by Gasteiger charge is 2.47. The first-order valence-corrected chi connectivity index (χ1v) is 9.45. The topological polar surface area (TPSA) is 32.7 Å². The minimum Gasteiger partial charge on any atom is -0.382 e. The molecule has 1 aromatic rings. The highest BCUT2D eigenvalue weighted by atomic mass is 32.1. The number of aliphatic hydroxyl groups is 1. The van der Waals surface area contributed by atoms with Crippen molar-refractivity contribution in [1.82, 2.24) is 4.90 Å². The van der Waals surface area contributed by atoms with Crippen LogP contribution in [0.3, 0.4) is 0 Å². The molecule has 148 valence electrons. The van der Waals surface area contributed by atoms with Gasteiger partial charge < -0.3 is 9.84 Å². The number of nitrogens with zero attached hydrogens (tertiary/aromatic N) is 1. The van der Waals surface area contributed by atoms with E-state index >= 15 is 0 Å². The second-order valence-electron chi connectivity index (χ2n) is 7.11. The maximum Gasteiger partial charge on any atom is 0.415 e. The molecule has 26 heavy (non-hydrogen) atoms. The Morgan fingerprint density at radius 1 is 1.42 bits per heavy atom. The fourth-order valence-corrected chi connectivity index (χ4v) is 5.31. The molecule has 0 aliphatic carbocycles. The summed E-state index contributed by atoms with van der Waals surface area (Å²) in [6.07, 6.45) is -8.06. The standard InChI is InChI=1S/C17H22F5NO2S/c1-10-8-16(3-4-23(10)9-13(24)17(20,21)22)15-11(2-5-25-16)6-12(26-15)7-14(18)19/h6,10,13-14,24H,2-5,7-9H2,1H3/t10-,13?,16+/m0/s1. The molecule has 0 aromatic carbocycles. The maximum absolute atomic E-state index is 12.7. The summed E-state index contributed by atoms with van der Waals surface area (Å²) in [6.45, 7) is 2.19. The van der Waals surface area contributed by atoms with Crippen molar-refractivity contribution >= 4 is 11.3 Å². The number of fused-ring (bicyclic) bond motifs is 2. The lowest BCUT2D eigenvalue weighted by Gasteiger charge is -2.47. The van der Waals surface area contributed by atoms with Crippen LogP contribution in [-0.4, -0.2) is 54.5 Å². The Labute approximate surface area is 152 Å². The molecular formula is C17H22F5NO2S. The SMILES string of the molecule is C[C@H]1C[C@@]2(CCN1CC(O)C(F)(F)F)OCCc1cc(CC(F)F)sc12. The van der Waals surface area contributed by atoms with E-state index in [1.165, 1.54) is 11.3 Å². The van der Waals surface area contributed by atoms with E-state index in [4.69, 9.17) is 4.74 Å². The van der Waals surface area contributed by atoms with Crippen molar-refractivity contribution in [1.29, 1.82) is 0 Å². The Bertz CT molecular complexity index is 635. The third-order valence-corrected chi connectivity index (χ3v) is 6.60. The summed E-state index contributed by atoms with van der Waals surface area (Å²) in [7, 11) is 0. The first-order chi connectivity index (χ1) is 12.1. The van der Waals surface area contributed by atoms with E-state index in [2.05, 4.69) is 0 Å². The van der Waals surface area contributed by atoms with E-state index in [1.807, 2.05) is 13.0 Å². The second kappa shape index (κ2) is 7.33. The summed E-state index contributed by atoms with van der Waals surface area (Å²) in [5.74, 6) is 0. The molecule has 0 saturated carbocycles. The smallest absolute Gasteiger partial charge is 0.382 e. The van der Waals surface area contributed by atoms with Crippen LogP contribution in [0.15, 0.2) is 6.07 Å². The zero-order valence-electron chi connectivity index (χ0n) is 14.4. The summed E-state index contributed by atoms with van der Waals surface area (Å²) < 4.78 is 69.3. The third-order valence-electron chi connectivity index (χ3n) is 5.22. The molecule has 0 radical (unpaired) electrons. The summed E-state index contributed by atoms with van der Waals surface area (Å²) in [5, 5.41) is 9.34. The molecule has 1 saturated heterocycles. The number of likely N-dealkylation sites (tertiary alicyclic amines) is 1. The minimum atomic E-state index is -4.64. The summed E-state index contributed by atoms with van der Waals surface area (Å²) in [6, 6.07) is 1.60. The second-order valence-corrected chi connectivity index (χ2v) is 8.25. The van der Waals surface area contributed by atoms with Gasteiger partial charge in [0, 0.05) is 35.3 Å². The largest absolute Gasteiger partial charge is 0.415 e. The van der Waals surface area contributed by atoms with Gasteiger partial charge >= 0.3 is 6.18 Å². The Hall–Kier alpha value is -0.770. The predicted octanol–water partition coefficient (Wildman–Crippen LogP) is 3.73. The van der Waals surface area contributed by atoms with Crippen LogP contribution in [-0.2, 0) is 23.2 Å². The van der Waals surface area contributed by atoms with E-state index < -0.39 is 30.9 Å². The van der Waals surface area contributed by atoms with Gasteiger partial charge in [0.1, 0.15) is 5.60 Å².